The second-order valence-electron chi connectivity index (χ2n) is 9.04. The minimum absolute atomic E-state index is 0.0500. The van der Waals surface area contributed by atoms with Crippen molar-refractivity contribution in [3.05, 3.63) is 23.4 Å². The molecule has 16 heteroatoms. The van der Waals surface area contributed by atoms with Crippen LogP contribution < -0.4 is 10.1 Å². The summed E-state index contributed by atoms with van der Waals surface area (Å²) in [5.41, 5.74) is 0.970. The van der Waals surface area contributed by atoms with Gasteiger partial charge in [0, 0.05) is 24.8 Å². The topological polar surface area (TPSA) is 217 Å². The summed E-state index contributed by atoms with van der Waals surface area (Å²) in [6, 6.07) is 0.276. The highest BCUT2D eigenvalue weighted by molar-refractivity contribution is 7.70. The molecule has 0 aromatic carbocycles. The molecule has 0 aliphatic heterocycles. The number of aryl methyl sites for hydroxylation is 1. The van der Waals surface area contributed by atoms with Gasteiger partial charge in [-0.15, -0.1) is 0 Å². The lowest BCUT2D eigenvalue weighted by atomic mass is 9.97. The second kappa shape index (κ2) is 11.9. The van der Waals surface area contributed by atoms with Crippen molar-refractivity contribution < 1.29 is 48.4 Å². The van der Waals surface area contributed by atoms with Crippen LogP contribution in [0.2, 0.25) is 0 Å². The Balaban J connectivity index is 1.85. The lowest BCUT2D eigenvalue weighted by molar-refractivity contribution is -0.0485. The molecule has 37 heavy (non-hydrogen) atoms. The van der Waals surface area contributed by atoms with Crippen LogP contribution in [-0.4, -0.2) is 82.4 Å². The lowest BCUT2D eigenvalue weighted by Crippen LogP contribution is -2.35. The molecule has 1 aliphatic rings. The molecule has 2 aromatic heterocycles. The van der Waals surface area contributed by atoms with E-state index in [1.165, 1.54) is 20.1 Å². The molecule has 1 saturated carbocycles. The molecule has 208 valence electrons. The SMILES string of the molecule is C/C=C(/COP(=O)(O)CP(=O)(O)O)[C@@H](O)[C@@H](O)[C@@H](O)c1cn(C)c2c(NC3CCCC3)nc(OC)nc12. The van der Waals surface area contributed by atoms with Crippen molar-refractivity contribution in [3.63, 3.8) is 0 Å². The summed E-state index contributed by atoms with van der Waals surface area (Å²) in [5, 5.41) is 35.9. The van der Waals surface area contributed by atoms with E-state index in [9.17, 15) is 29.3 Å². The first-order valence-corrected chi connectivity index (χ1v) is 15.2. The fourth-order valence-corrected chi connectivity index (χ4v) is 6.88. The quantitative estimate of drug-likeness (QED) is 0.143. The van der Waals surface area contributed by atoms with E-state index in [4.69, 9.17) is 19.0 Å². The molecule has 0 spiro atoms. The van der Waals surface area contributed by atoms with E-state index in [2.05, 4.69) is 15.3 Å². The van der Waals surface area contributed by atoms with E-state index in [1.807, 2.05) is 0 Å². The van der Waals surface area contributed by atoms with Gasteiger partial charge in [0.2, 0.25) is 0 Å². The van der Waals surface area contributed by atoms with Gasteiger partial charge in [-0.1, -0.05) is 18.9 Å². The summed E-state index contributed by atoms with van der Waals surface area (Å²) in [6.07, 6.45) is 1.83. The number of hydrogen-bond donors (Lipinski definition) is 7. The van der Waals surface area contributed by atoms with Gasteiger partial charge in [0.1, 0.15) is 29.3 Å². The van der Waals surface area contributed by atoms with Crippen molar-refractivity contribution in [2.24, 2.45) is 7.05 Å². The molecule has 0 bridgehead atoms. The zero-order valence-corrected chi connectivity index (χ0v) is 22.5. The lowest BCUT2D eigenvalue weighted by Gasteiger charge is -2.25. The number of methoxy groups -OCH3 is 1. The first kappa shape index (κ1) is 29.7. The number of aliphatic hydroxyl groups is 3. The Bertz CT molecular complexity index is 1220. The summed E-state index contributed by atoms with van der Waals surface area (Å²) < 4.78 is 34.7. The molecule has 14 nitrogen and oxygen atoms in total. The molecule has 1 fully saturated rings. The Kier molecular flexibility index (Phi) is 9.55. The standard InChI is InChI=1S/C21H34N4O10P2/c1-4-12(10-35-37(32,33)11-36(29,30)31)17(26)19(28)18(27)14-9-25(2)16-15(14)23-21(34-3)24-20(16)22-13-7-5-6-8-13/h4,9,13,17-19,26-28H,5-8,10-11H2,1-3H3,(H,32,33)(H,22,23,24)(H2,29,30,31)/b12-4-/t17-,18+,19-/m1/s1. The van der Waals surface area contributed by atoms with Crippen LogP contribution in [-0.2, 0) is 20.7 Å². The number of aliphatic hydroxyl groups excluding tert-OH is 3. The molecular formula is C21H34N4O10P2. The maximum Gasteiger partial charge on any atom is 0.340 e. The van der Waals surface area contributed by atoms with E-state index in [0.29, 0.717) is 16.9 Å². The van der Waals surface area contributed by atoms with Crippen LogP contribution in [0.5, 0.6) is 6.01 Å². The highest BCUT2D eigenvalue weighted by Gasteiger charge is 2.35. The predicted molar refractivity (Wildman–Crippen MR) is 134 cm³/mol. The Morgan fingerprint density at radius 1 is 1.22 bits per heavy atom. The van der Waals surface area contributed by atoms with Crippen molar-refractivity contribution in [3.8, 4) is 6.01 Å². The number of anilines is 1. The number of fused-ring (bicyclic) bond motifs is 1. The van der Waals surface area contributed by atoms with Crippen LogP contribution in [0.1, 0.15) is 44.3 Å². The third-order valence-corrected chi connectivity index (χ3v) is 9.65. The number of nitrogens with one attached hydrogen (secondary N) is 1. The maximum atomic E-state index is 11.9. The molecule has 0 saturated heterocycles. The predicted octanol–water partition coefficient (Wildman–Crippen LogP) is 1.37. The van der Waals surface area contributed by atoms with Gasteiger partial charge < -0.3 is 49.1 Å². The average molecular weight is 564 g/mol. The Morgan fingerprint density at radius 2 is 1.86 bits per heavy atom. The third-order valence-electron chi connectivity index (χ3n) is 6.21. The molecule has 7 N–H and O–H groups in total. The minimum atomic E-state index is -4.84. The smallest absolute Gasteiger partial charge is 0.340 e. The van der Waals surface area contributed by atoms with Gasteiger partial charge in [-0.25, -0.2) is 0 Å². The summed E-state index contributed by atoms with van der Waals surface area (Å²) in [6.45, 7) is 0.749. The largest absolute Gasteiger partial charge is 0.467 e. The molecule has 1 aliphatic carbocycles. The fraction of sp³-hybridized carbons (Fsp3) is 0.619. The number of aromatic nitrogens is 3. The Hall–Kier alpha value is -1.86. The van der Waals surface area contributed by atoms with Crippen molar-refractivity contribution in [1.82, 2.24) is 14.5 Å². The van der Waals surface area contributed by atoms with Gasteiger partial charge in [-0.3, -0.25) is 9.13 Å². The molecule has 3 rings (SSSR count). The van der Waals surface area contributed by atoms with Crippen LogP contribution in [0.15, 0.2) is 17.8 Å². The molecule has 2 heterocycles. The van der Waals surface area contributed by atoms with Gasteiger partial charge >= 0.3 is 21.2 Å². The Labute approximate surface area is 213 Å². The van der Waals surface area contributed by atoms with Crippen molar-refractivity contribution in [2.45, 2.75) is 57.0 Å². The van der Waals surface area contributed by atoms with E-state index in [0.717, 1.165) is 25.7 Å². The molecular weight excluding hydrogens is 530 g/mol. The first-order valence-electron chi connectivity index (χ1n) is 11.6. The normalized spacial score (nSPS) is 19.5. The van der Waals surface area contributed by atoms with Crippen LogP contribution in [0.25, 0.3) is 11.0 Å². The molecule has 4 atom stereocenters. The monoisotopic (exact) mass is 564 g/mol. The minimum Gasteiger partial charge on any atom is -0.467 e. The van der Waals surface area contributed by atoms with E-state index >= 15 is 0 Å². The number of ether oxygens (including phenoxy) is 1. The molecule has 2 aromatic rings. The van der Waals surface area contributed by atoms with Gasteiger partial charge in [-0.2, -0.15) is 9.97 Å². The van der Waals surface area contributed by atoms with E-state index < -0.39 is 46.0 Å². The second-order valence-corrected chi connectivity index (χ2v) is 13.0. The van der Waals surface area contributed by atoms with Gasteiger partial charge in [0.15, 0.2) is 11.7 Å². The van der Waals surface area contributed by atoms with Gasteiger partial charge in [0.05, 0.1) is 13.7 Å². The van der Waals surface area contributed by atoms with Crippen molar-refractivity contribution in [1.29, 1.82) is 0 Å². The Morgan fingerprint density at radius 3 is 2.43 bits per heavy atom. The van der Waals surface area contributed by atoms with Crippen molar-refractivity contribution in [2.75, 3.05) is 24.9 Å². The maximum absolute atomic E-state index is 11.9. The molecule has 0 amide bonds. The highest BCUT2D eigenvalue weighted by atomic mass is 31.2. The highest BCUT2D eigenvalue weighted by Crippen LogP contribution is 2.55. The number of nitrogens with zero attached hydrogens (tertiary/aromatic N) is 3. The average Bonchev–Trinajstić information content (AvgIpc) is 3.44. The van der Waals surface area contributed by atoms with Gasteiger partial charge in [0.25, 0.3) is 0 Å². The van der Waals surface area contributed by atoms with Crippen LogP contribution in [0, 0.1) is 0 Å². The van der Waals surface area contributed by atoms with Crippen LogP contribution in [0.3, 0.4) is 0 Å². The number of hydrogen-bond acceptors (Lipinski definition) is 10. The zero-order chi connectivity index (χ0) is 27.5. The van der Waals surface area contributed by atoms with Gasteiger partial charge in [-0.05, 0) is 25.3 Å². The van der Waals surface area contributed by atoms with E-state index in [1.54, 1.807) is 17.8 Å². The summed E-state index contributed by atoms with van der Waals surface area (Å²) >= 11 is 0. The zero-order valence-electron chi connectivity index (χ0n) is 20.8. The summed E-state index contributed by atoms with van der Waals surface area (Å²) in [4.78, 5) is 36.3. The number of rotatable bonds is 12. The summed E-state index contributed by atoms with van der Waals surface area (Å²) in [7, 11) is -6.40. The molecule has 1 unspecified atom stereocenters. The fourth-order valence-electron chi connectivity index (χ4n) is 4.34. The summed E-state index contributed by atoms with van der Waals surface area (Å²) in [5.74, 6) is -0.886. The van der Waals surface area contributed by atoms with Crippen molar-refractivity contribution >= 4 is 32.0 Å². The van der Waals surface area contributed by atoms with Crippen LogP contribution >= 0.6 is 15.2 Å². The number of allylic oxidation sites excluding steroid dienone is 1. The van der Waals surface area contributed by atoms with E-state index in [-0.39, 0.29) is 23.2 Å². The molecule has 0 radical (unpaired) electrons. The van der Waals surface area contributed by atoms with Crippen LogP contribution in [0.4, 0.5) is 5.82 Å². The first-order chi connectivity index (χ1) is 17.3. The third kappa shape index (κ3) is 7.38.